The second kappa shape index (κ2) is 7.19. The molecular formula is C19H19F3N4O4. The standard InChI is InChI=1S/C19H19F3N4O4/c1-17(10-23,11-3-4-11)24-14(27)9-26-15(28)18(2,25-16(26)29)12-5-7-13(8-6-12)30-19(20,21)22/h5-8,11H,3-4,9H2,1-2H3,(H,24,27)(H,25,29). The molecule has 1 aromatic carbocycles. The van der Waals surface area contributed by atoms with Crippen molar-refractivity contribution in [3.05, 3.63) is 29.8 Å². The maximum Gasteiger partial charge on any atom is 0.573 e. The average molecular weight is 424 g/mol. The van der Waals surface area contributed by atoms with Crippen LogP contribution < -0.4 is 15.4 Å². The monoisotopic (exact) mass is 424 g/mol. The molecule has 1 aliphatic heterocycles. The molecular weight excluding hydrogens is 405 g/mol. The van der Waals surface area contributed by atoms with E-state index in [1.165, 1.54) is 19.1 Å². The number of nitrogens with one attached hydrogen (secondary N) is 2. The number of carbonyl (C=O) groups is 3. The van der Waals surface area contributed by atoms with Gasteiger partial charge in [0.25, 0.3) is 5.91 Å². The van der Waals surface area contributed by atoms with Crippen molar-refractivity contribution < 1.29 is 32.3 Å². The van der Waals surface area contributed by atoms with Crippen LogP contribution in [0.2, 0.25) is 0 Å². The van der Waals surface area contributed by atoms with Gasteiger partial charge in [-0.15, -0.1) is 13.2 Å². The van der Waals surface area contributed by atoms with Crippen molar-refractivity contribution in [1.29, 1.82) is 5.26 Å². The molecule has 1 saturated carbocycles. The number of hydrogen-bond donors (Lipinski definition) is 2. The number of rotatable bonds is 6. The van der Waals surface area contributed by atoms with Crippen LogP contribution in [-0.2, 0) is 15.1 Å². The Morgan fingerprint density at radius 2 is 1.93 bits per heavy atom. The number of imide groups is 1. The van der Waals surface area contributed by atoms with E-state index in [4.69, 9.17) is 0 Å². The fraction of sp³-hybridized carbons (Fsp3) is 0.474. The lowest BCUT2D eigenvalue weighted by molar-refractivity contribution is -0.274. The molecule has 0 spiro atoms. The fourth-order valence-corrected chi connectivity index (χ4v) is 3.38. The molecule has 160 valence electrons. The third-order valence-corrected chi connectivity index (χ3v) is 5.27. The summed E-state index contributed by atoms with van der Waals surface area (Å²) in [6.45, 7) is 2.39. The molecule has 0 bridgehead atoms. The van der Waals surface area contributed by atoms with Crippen molar-refractivity contribution in [3.63, 3.8) is 0 Å². The number of alkyl halides is 3. The Morgan fingerprint density at radius 3 is 2.43 bits per heavy atom. The van der Waals surface area contributed by atoms with Gasteiger partial charge in [0.1, 0.15) is 23.4 Å². The Hall–Kier alpha value is -3.29. The van der Waals surface area contributed by atoms with Gasteiger partial charge in [-0.1, -0.05) is 12.1 Å². The van der Waals surface area contributed by atoms with Crippen molar-refractivity contribution in [2.24, 2.45) is 5.92 Å². The first-order valence-corrected chi connectivity index (χ1v) is 9.10. The minimum Gasteiger partial charge on any atom is -0.406 e. The van der Waals surface area contributed by atoms with Crippen molar-refractivity contribution in [1.82, 2.24) is 15.5 Å². The normalized spacial score (nSPS) is 23.4. The molecule has 0 aromatic heterocycles. The van der Waals surface area contributed by atoms with Crippen LogP contribution in [-0.4, -0.2) is 41.2 Å². The highest BCUT2D eigenvalue weighted by molar-refractivity contribution is 6.09. The third kappa shape index (κ3) is 4.17. The molecule has 11 heteroatoms. The van der Waals surface area contributed by atoms with E-state index in [1.54, 1.807) is 6.92 Å². The number of carbonyl (C=O) groups excluding carboxylic acids is 3. The van der Waals surface area contributed by atoms with Crippen LogP contribution >= 0.6 is 0 Å². The SMILES string of the molecule is CC1(c2ccc(OC(F)(F)F)cc2)NC(=O)N(CC(=O)NC(C)(C#N)C2CC2)C1=O. The summed E-state index contributed by atoms with van der Waals surface area (Å²) in [5, 5.41) is 14.4. The first-order chi connectivity index (χ1) is 13.9. The van der Waals surface area contributed by atoms with Gasteiger partial charge in [-0.3, -0.25) is 14.5 Å². The second-order valence-electron chi connectivity index (χ2n) is 7.66. The number of ether oxygens (including phenoxy) is 1. The summed E-state index contributed by atoms with van der Waals surface area (Å²) in [7, 11) is 0. The lowest BCUT2D eigenvalue weighted by Gasteiger charge is -2.25. The minimum atomic E-state index is -4.86. The molecule has 8 nitrogen and oxygen atoms in total. The molecule has 2 fully saturated rings. The summed E-state index contributed by atoms with van der Waals surface area (Å²) >= 11 is 0. The van der Waals surface area contributed by atoms with Gasteiger partial charge in [-0.05, 0) is 50.3 Å². The van der Waals surface area contributed by atoms with Crippen LogP contribution in [0.5, 0.6) is 5.75 Å². The van der Waals surface area contributed by atoms with Crippen molar-refractivity contribution >= 4 is 17.8 Å². The zero-order chi connectivity index (χ0) is 22.3. The Kier molecular flexibility index (Phi) is 5.14. The Bertz CT molecular complexity index is 923. The van der Waals surface area contributed by atoms with E-state index in [1.807, 2.05) is 0 Å². The predicted octanol–water partition coefficient (Wildman–Crippen LogP) is 2.16. The average Bonchev–Trinajstić information content (AvgIpc) is 3.47. The second-order valence-corrected chi connectivity index (χ2v) is 7.66. The first kappa shape index (κ1) is 21.4. The molecule has 4 amide bonds. The highest BCUT2D eigenvalue weighted by atomic mass is 19.4. The van der Waals surface area contributed by atoms with Crippen molar-refractivity contribution in [2.75, 3.05) is 6.54 Å². The molecule has 30 heavy (non-hydrogen) atoms. The molecule has 3 rings (SSSR count). The van der Waals surface area contributed by atoms with E-state index in [2.05, 4.69) is 21.4 Å². The predicted molar refractivity (Wildman–Crippen MR) is 95.6 cm³/mol. The van der Waals surface area contributed by atoms with Crippen LogP contribution in [0.15, 0.2) is 24.3 Å². The number of halogens is 3. The molecule has 1 aliphatic carbocycles. The van der Waals surface area contributed by atoms with Crippen molar-refractivity contribution in [3.8, 4) is 11.8 Å². The Labute approximate surface area is 170 Å². The van der Waals surface area contributed by atoms with Gasteiger partial charge in [0.2, 0.25) is 5.91 Å². The summed E-state index contributed by atoms with van der Waals surface area (Å²) < 4.78 is 40.7. The molecule has 2 unspecified atom stereocenters. The molecule has 0 radical (unpaired) electrons. The summed E-state index contributed by atoms with van der Waals surface area (Å²) in [4.78, 5) is 38.2. The Balaban J connectivity index is 1.72. The van der Waals surface area contributed by atoms with Gasteiger partial charge in [0.15, 0.2) is 0 Å². The minimum absolute atomic E-state index is 0.0252. The van der Waals surface area contributed by atoms with Gasteiger partial charge in [0, 0.05) is 0 Å². The molecule has 2 N–H and O–H groups in total. The number of hydrogen-bond acceptors (Lipinski definition) is 5. The lowest BCUT2D eigenvalue weighted by Crippen LogP contribution is -2.51. The summed E-state index contributed by atoms with van der Waals surface area (Å²) in [6.07, 6.45) is -3.25. The number of benzene rings is 1. The van der Waals surface area contributed by atoms with Crippen LogP contribution in [0.4, 0.5) is 18.0 Å². The van der Waals surface area contributed by atoms with E-state index in [-0.39, 0.29) is 11.5 Å². The van der Waals surface area contributed by atoms with Gasteiger partial charge >= 0.3 is 12.4 Å². The smallest absolute Gasteiger partial charge is 0.406 e. The van der Waals surface area contributed by atoms with Gasteiger partial charge in [-0.2, -0.15) is 5.26 Å². The summed E-state index contributed by atoms with van der Waals surface area (Å²) in [6, 6.07) is 5.73. The van der Waals surface area contributed by atoms with E-state index < -0.39 is 47.6 Å². The quantitative estimate of drug-likeness (QED) is 0.680. The van der Waals surface area contributed by atoms with E-state index in [9.17, 15) is 32.8 Å². The van der Waals surface area contributed by atoms with Crippen LogP contribution in [0.3, 0.4) is 0 Å². The third-order valence-electron chi connectivity index (χ3n) is 5.27. The van der Waals surface area contributed by atoms with Gasteiger partial charge in [0.05, 0.1) is 6.07 Å². The van der Waals surface area contributed by atoms with Gasteiger partial charge in [-0.25, -0.2) is 4.79 Å². The number of urea groups is 1. The van der Waals surface area contributed by atoms with Gasteiger partial charge < -0.3 is 15.4 Å². The van der Waals surface area contributed by atoms with Crippen LogP contribution in [0.1, 0.15) is 32.3 Å². The highest BCUT2D eigenvalue weighted by Crippen LogP contribution is 2.39. The molecule has 2 atom stereocenters. The number of nitriles is 1. The maximum atomic E-state index is 12.9. The van der Waals surface area contributed by atoms with E-state index in [0.717, 1.165) is 25.0 Å². The fourth-order valence-electron chi connectivity index (χ4n) is 3.38. The zero-order valence-electron chi connectivity index (χ0n) is 16.2. The Morgan fingerprint density at radius 1 is 1.33 bits per heavy atom. The first-order valence-electron chi connectivity index (χ1n) is 9.10. The van der Waals surface area contributed by atoms with E-state index >= 15 is 0 Å². The van der Waals surface area contributed by atoms with Crippen molar-refractivity contribution in [2.45, 2.75) is 44.1 Å². The lowest BCUT2D eigenvalue weighted by atomic mass is 9.92. The topological polar surface area (TPSA) is 112 Å². The maximum absolute atomic E-state index is 12.9. The summed E-state index contributed by atoms with van der Waals surface area (Å²) in [5.41, 5.74) is -2.42. The highest BCUT2D eigenvalue weighted by Gasteiger charge is 2.50. The largest absolute Gasteiger partial charge is 0.573 e. The molecule has 1 saturated heterocycles. The van der Waals surface area contributed by atoms with Crippen LogP contribution in [0.25, 0.3) is 0 Å². The zero-order valence-corrected chi connectivity index (χ0v) is 16.2. The number of nitrogens with zero attached hydrogens (tertiary/aromatic N) is 2. The molecule has 1 aromatic rings. The molecule has 1 heterocycles. The number of amides is 4. The van der Waals surface area contributed by atoms with Crippen LogP contribution in [0, 0.1) is 17.2 Å². The summed E-state index contributed by atoms with van der Waals surface area (Å²) in [5.74, 6) is -1.85. The molecule has 2 aliphatic rings. The van der Waals surface area contributed by atoms with E-state index in [0.29, 0.717) is 4.90 Å².